The number of amides is 1. The van der Waals surface area contributed by atoms with Crippen molar-refractivity contribution in [3.8, 4) is 5.75 Å². The molecule has 10 heteroatoms. The average molecular weight is 516 g/mol. The predicted molar refractivity (Wildman–Crippen MR) is 117 cm³/mol. The first-order valence-corrected chi connectivity index (χ1v) is 12.1. The van der Waals surface area contributed by atoms with E-state index in [4.69, 9.17) is 21.1 Å². The number of halogens is 2. The van der Waals surface area contributed by atoms with Crippen LogP contribution in [0.1, 0.15) is 5.56 Å². The average Bonchev–Trinajstić information content (AvgIpc) is 3.16. The number of nitrogens with zero attached hydrogens (tertiary/aromatic N) is 2. The maximum Gasteiger partial charge on any atom is 0.264 e. The molecular formula is C20H20BrClN2O5S. The minimum absolute atomic E-state index is 0.0899. The highest BCUT2D eigenvalue weighted by molar-refractivity contribution is 9.10. The highest BCUT2D eigenvalue weighted by Crippen LogP contribution is 2.32. The van der Waals surface area contributed by atoms with E-state index in [1.54, 1.807) is 4.90 Å². The van der Waals surface area contributed by atoms with Gasteiger partial charge in [-0.2, -0.15) is 4.31 Å². The lowest BCUT2D eigenvalue weighted by molar-refractivity contribution is -0.120. The van der Waals surface area contributed by atoms with Gasteiger partial charge in [-0.05, 0) is 48.4 Å². The van der Waals surface area contributed by atoms with Crippen molar-refractivity contribution in [3.63, 3.8) is 0 Å². The van der Waals surface area contributed by atoms with Gasteiger partial charge in [0.15, 0.2) is 6.61 Å². The van der Waals surface area contributed by atoms with Crippen LogP contribution in [0.15, 0.2) is 45.8 Å². The predicted octanol–water partition coefficient (Wildman–Crippen LogP) is 3.09. The summed E-state index contributed by atoms with van der Waals surface area (Å²) >= 11 is 9.69. The van der Waals surface area contributed by atoms with E-state index in [9.17, 15) is 13.2 Å². The smallest absolute Gasteiger partial charge is 0.264 e. The number of hydrogen-bond donors (Lipinski definition) is 0. The van der Waals surface area contributed by atoms with Crippen molar-refractivity contribution in [2.24, 2.45) is 0 Å². The Morgan fingerprint density at radius 2 is 1.90 bits per heavy atom. The number of rotatable bonds is 5. The van der Waals surface area contributed by atoms with Crippen LogP contribution in [0.4, 0.5) is 5.69 Å². The summed E-state index contributed by atoms with van der Waals surface area (Å²) in [6, 6.07) is 10.1. The lowest BCUT2D eigenvalue weighted by Crippen LogP contribution is -2.40. The highest BCUT2D eigenvalue weighted by atomic mass is 79.9. The van der Waals surface area contributed by atoms with Crippen LogP contribution in [0, 0.1) is 0 Å². The molecule has 0 N–H and O–H groups in total. The third-order valence-corrected chi connectivity index (χ3v) is 7.78. The Hall–Kier alpha value is -1.65. The number of morpholine rings is 1. The van der Waals surface area contributed by atoms with Gasteiger partial charge < -0.3 is 14.4 Å². The van der Waals surface area contributed by atoms with Crippen molar-refractivity contribution in [2.75, 3.05) is 44.4 Å². The van der Waals surface area contributed by atoms with Crippen LogP contribution in [0.25, 0.3) is 0 Å². The SMILES string of the molecule is O=C(COc1ccc(S(=O)(=O)N2CCOCC2)cc1Cl)N1CCc2cc(Br)ccc21. The molecule has 2 heterocycles. The van der Waals surface area contributed by atoms with E-state index in [1.807, 2.05) is 18.2 Å². The van der Waals surface area contributed by atoms with E-state index >= 15 is 0 Å². The molecule has 0 aromatic heterocycles. The van der Waals surface area contributed by atoms with Crippen molar-refractivity contribution in [1.82, 2.24) is 4.31 Å². The van der Waals surface area contributed by atoms with E-state index < -0.39 is 10.0 Å². The van der Waals surface area contributed by atoms with Crippen LogP contribution in [0.3, 0.4) is 0 Å². The van der Waals surface area contributed by atoms with Crippen molar-refractivity contribution in [2.45, 2.75) is 11.3 Å². The van der Waals surface area contributed by atoms with E-state index in [-0.39, 0.29) is 28.2 Å². The molecule has 0 atom stereocenters. The molecule has 4 rings (SSSR count). The zero-order valence-corrected chi connectivity index (χ0v) is 19.2. The molecule has 2 aliphatic rings. The Balaban J connectivity index is 1.43. The molecule has 1 fully saturated rings. The Labute approximate surface area is 188 Å². The van der Waals surface area contributed by atoms with E-state index in [0.717, 1.165) is 22.1 Å². The summed E-state index contributed by atoms with van der Waals surface area (Å²) in [7, 11) is -3.65. The van der Waals surface area contributed by atoms with Crippen LogP contribution in [-0.2, 0) is 26.0 Å². The summed E-state index contributed by atoms with van der Waals surface area (Å²) in [5.41, 5.74) is 1.98. The van der Waals surface area contributed by atoms with Gasteiger partial charge in [0.2, 0.25) is 10.0 Å². The maximum atomic E-state index is 12.7. The summed E-state index contributed by atoms with van der Waals surface area (Å²) in [6.07, 6.45) is 0.787. The van der Waals surface area contributed by atoms with Crippen LogP contribution in [0.2, 0.25) is 5.02 Å². The fraction of sp³-hybridized carbons (Fsp3) is 0.350. The number of benzene rings is 2. The van der Waals surface area contributed by atoms with Gasteiger partial charge in [-0.3, -0.25) is 4.79 Å². The molecule has 0 radical (unpaired) electrons. The van der Waals surface area contributed by atoms with Gasteiger partial charge in [-0.1, -0.05) is 27.5 Å². The lowest BCUT2D eigenvalue weighted by Gasteiger charge is -2.26. The molecule has 0 spiro atoms. The maximum absolute atomic E-state index is 12.7. The number of carbonyl (C=O) groups excluding carboxylic acids is 1. The second-order valence-corrected chi connectivity index (χ2v) is 10.2. The number of carbonyl (C=O) groups is 1. The number of anilines is 1. The summed E-state index contributed by atoms with van der Waals surface area (Å²) in [5.74, 6) is 0.0818. The molecule has 0 aliphatic carbocycles. The highest BCUT2D eigenvalue weighted by Gasteiger charge is 2.28. The monoisotopic (exact) mass is 514 g/mol. The Bertz CT molecular complexity index is 1070. The van der Waals surface area contributed by atoms with Gasteiger partial charge in [-0.15, -0.1) is 0 Å². The molecule has 7 nitrogen and oxygen atoms in total. The number of sulfonamides is 1. The third kappa shape index (κ3) is 4.36. The molecule has 2 aliphatic heterocycles. The fourth-order valence-electron chi connectivity index (χ4n) is 3.54. The van der Waals surface area contributed by atoms with E-state index in [1.165, 1.54) is 22.5 Å². The van der Waals surface area contributed by atoms with E-state index in [0.29, 0.717) is 32.8 Å². The Kier molecular flexibility index (Phi) is 6.36. The number of ether oxygens (including phenoxy) is 2. The van der Waals surface area contributed by atoms with Gasteiger partial charge in [0.25, 0.3) is 5.91 Å². The Morgan fingerprint density at radius 3 is 2.63 bits per heavy atom. The second-order valence-electron chi connectivity index (χ2n) is 6.97. The zero-order valence-electron chi connectivity index (χ0n) is 16.0. The first-order valence-electron chi connectivity index (χ1n) is 9.45. The third-order valence-electron chi connectivity index (χ3n) is 5.10. The molecule has 0 bridgehead atoms. The quantitative estimate of drug-likeness (QED) is 0.612. The molecule has 1 saturated heterocycles. The van der Waals surface area contributed by atoms with Crippen LogP contribution >= 0.6 is 27.5 Å². The van der Waals surface area contributed by atoms with Gasteiger partial charge >= 0.3 is 0 Å². The first-order chi connectivity index (χ1) is 14.4. The van der Waals surface area contributed by atoms with Gasteiger partial charge in [0, 0.05) is 29.8 Å². The summed E-state index contributed by atoms with van der Waals surface area (Å²) in [6.45, 7) is 1.75. The second kappa shape index (κ2) is 8.84. The minimum atomic E-state index is -3.65. The molecule has 0 saturated carbocycles. The van der Waals surface area contributed by atoms with Crippen LogP contribution in [-0.4, -0.2) is 58.1 Å². The first kappa shape index (κ1) is 21.6. The van der Waals surface area contributed by atoms with Gasteiger partial charge in [0.05, 0.1) is 23.1 Å². The summed E-state index contributed by atoms with van der Waals surface area (Å²) in [4.78, 5) is 14.4. The minimum Gasteiger partial charge on any atom is -0.482 e. The molecule has 2 aromatic carbocycles. The fourth-order valence-corrected chi connectivity index (χ4v) is 5.68. The van der Waals surface area contributed by atoms with Gasteiger partial charge in [-0.25, -0.2) is 8.42 Å². The normalized spacial score (nSPS) is 17.1. The van der Waals surface area contributed by atoms with Crippen LogP contribution in [0.5, 0.6) is 5.75 Å². The summed E-state index contributed by atoms with van der Waals surface area (Å²) in [5, 5.41) is 0.142. The molecule has 160 valence electrons. The standard InChI is InChI=1S/C20H20BrClN2O5S/c21-15-1-3-18-14(11-15)5-6-24(18)20(25)13-29-19-4-2-16(12-17(19)22)30(26,27)23-7-9-28-10-8-23/h1-4,11-12H,5-10,13H2. The van der Waals surface area contributed by atoms with E-state index in [2.05, 4.69) is 15.9 Å². The lowest BCUT2D eigenvalue weighted by atomic mass is 10.2. The van der Waals surface area contributed by atoms with Crippen molar-refractivity contribution < 1.29 is 22.7 Å². The Morgan fingerprint density at radius 1 is 1.13 bits per heavy atom. The van der Waals surface area contributed by atoms with Crippen molar-refractivity contribution in [3.05, 3.63) is 51.5 Å². The number of fused-ring (bicyclic) bond motifs is 1. The molecule has 0 unspecified atom stereocenters. The summed E-state index contributed by atoms with van der Waals surface area (Å²) < 4.78 is 38.6. The van der Waals surface area contributed by atoms with Crippen LogP contribution < -0.4 is 9.64 Å². The van der Waals surface area contributed by atoms with Crippen molar-refractivity contribution in [1.29, 1.82) is 0 Å². The van der Waals surface area contributed by atoms with Gasteiger partial charge in [0.1, 0.15) is 5.75 Å². The van der Waals surface area contributed by atoms with Crippen molar-refractivity contribution >= 4 is 49.1 Å². The largest absolute Gasteiger partial charge is 0.482 e. The molecular weight excluding hydrogens is 496 g/mol. The molecule has 30 heavy (non-hydrogen) atoms. The molecule has 2 aromatic rings. The molecule has 1 amide bonds. The zero-order chi connectivity index (χ0) is 21.3. The topological polar surface area (TPSA) is 76.2 Å². The number of hydrogen-bond acceptors (Lipinski definition) is 5.